The highest BCUT2D eigenvalue weighted by molar-refractivity contribution is 5.87. The molecule has 0 fully saturated rings. The molecule has 0 saturated heterocycles. The Hall–Kier alpha value is -3.02. The van der Waals surface area contributed by atoms with E-state index in [0.717, 1.165) is 59.1 Å². The van der Waals surface area contributed by atoms with Crippen molar-refractivity contribution < 1.29 is 19.8 Å². The van der Waals surface area contributed by atoms with Gasteiger partial charge < -0.3 is 21.7 Å². The highest BCUT2D eigenvalue weighted by Gasteiger charge is 2.38. The SMILES string of the molecule is CC(C)(C)c1cc(C(C)(CCCCCCC(C)(C(N)=O)c2cc(C(C)(C)C)c(O)c(C(C)(C)C)c2)C(N)=O)cc(C(C)(C)C)c1O. The fourth-order valence-electron chi connectivity index (χ4n) is 6.32. The van der Waals surface area contributed by atoms with Crippen LogP contribution in [0.25, 0.3) is 0 Å². The summed E-state index contributed by atoms with van der Waals surface area (Å²) in [5, 5.41) is 22.4. The van der Waals surface area contributed by atoms with Crippen molar-refractivity contribution in [1.29, 1.82) is 0 Å². The zero-order chi connectivity index (χ0) is 35.8. The van der Waals surface area contributed by atoms with E-state index in [1.165, 1.54) is 0 Å². The van der Waals surface area contributed by atoms with E-state index in [0.29, 0.717) is 12.8 Å². The molecule has 0 aliphatic rings. The number of carbonyl (C=O) groups is 2. The Labute approximate surface area is 279 Å². The molecule has 0 aliphatic carbocycles. The summed E-state index contributed by atoms with van der Waals surface area (Å²) < 4.78 is 0. The predicted molar refractivity (Wildman–Crippen MR) is 192 cm³/mol. The first-order chi connectivity index (χ1) is 20.6. The molecule has 2 aromatic rings. The molecule has 258 valence electrons. The maximum Gasteiger partial charge on any atom is 0.227 e. The lowest BCUT2D eigenvalue weighted by Crippen LogP contribution is -2.39. The largest absolute Gasteiger partial charge is 0.507 e. The van der Waals surface area contributed by atoms with Crippen LogP contribution < -0.4 is 11.5 Å². The van der Waals surface area contributed by atoms with Gasteiger partial charge in [0.1, 0.15) is 11.5 Å². The molecule has 2 atom stereocenters. The lowest BCUT2D eigenvalue weighted by Gasteiger charge is -2.33. The van der Waals surface area contributed by atoms with Gasteiger partial charge in [-0.15, -0.1) is 0 Å². The van der Waals surface area contributed by atoms with Crippen LogP contribution in [0.15, 0.2) is 24.3 Å². The zero-order valence-corrected chi connectivity index (χ0v) is 31.4. The van der Waals surface area contributed by atoms with Gasteiger partial charge in [0.05, 0.1) is 10.8 Å². The fourth-order valence-corrected chi connectivity index (χ4v) is 6.32. The van der Waals surface area contributed by atoms with Crippen LogP contribution in [0.2, 0.25) is 0 Å². The first kappa shape index (κ1) is 39.2. The molecule has 2 aromatic carbocycles. The quantitative estimate of drug-likeness (QED) is 0.184. The van der Waals surface area contributed by atoms with Gasteiger partial charge in [-0.3, -0.25) is 9.59 Å². The average Bonchev–Trinajstić information content (AvgIpc) is 2.87. The minimum atomic E-state index is -0.895. The summed E-state index contributed by atoms with van der Waals surface area (Å²) in [7, 11) is 0. The second kappa shape index (κ2) is 13.2. The number of nitrogens with two attached hydrogens (primary N) is 2. The van der Waals surface area contributed by atoms with Gasteiger partial charge in [-0.25, -0.2) is 0 Å². The minimum Gasteiger partial charge on any atom is -0.507 e. The van der Waals surface area contributed by atoms with Gasteiger partial charge in [0.2, 0.25) is 11.8 Å². The molecule has 0 bridgehead atoms. The maximum atomic E-state index is 13.0. The molecule has 46 heavy (non-hydrogen) atoms. The molecule has 0 heterocycles. The summed E-state index contributed by atoms with van der Waals surface area (Å²) in [5.74, 6) is -0.191. The number of rotatable bonds is 11. The summed E-state index contributed by atoms with van der Waals surface area (Å²) >= 11 is 0. The van der Waals surface area contributed by atoms with Crippen molar-refractivity contribution in [2.24, 2.45) is 11.5 Å². The third-order valence-electron chi connectivity index (χ3n) is 9.92. The smallest absolute Gasteiger partial charge is 0.227 e. The molecule has 2 amide bonds. The molecule has 6 heteroatoms. The number of aromatic hydroxyl groups is 2. The number of carbonyl (C=O) groups excluding carboxylic acids is 2. The fraction of sp³-hybridized carbons (Fsp3) is 0.650. The van der Waals surface area contributed by atoms with Crippen LogP contribution >= 0.6 is 0 Å². The molecular weight excluding hydrogens is 572 g/mol. The molecular formula is C40H64N2O4. The highest BCUT2D eigenvalue weighted by atomic mass is 16.3. The van der Waals surface area contributed by atoms with Crippen LogP contribution in [-0.4, -0.2) is 22.0 Å². The normalized spacial score (nSPS) is 15.7. The molecule has 0 spiro atoms. The number of phenolic OH excluding ortho intramolecular Hbond substituents is 2. The second-order valence-corrected chi connectivity index (χ2v) is 18.1. The van der Waals surface area contributed by atoms with Crippen LogP contribution in [0.1, 0.15) is 169 Å². The number of amides is 2. The molecule has 0 radical (unpaired) electrons. The summed E-state index contributed by atoms with van der Waals surface area (Å²) in [6.45, 7) is 28.6. The second-order valence-electron chi connectivity index (χ2n) is 18.1. The van der Waals surface area contributed by atoms with Gasteiger partial charge in [0, 0.05) is 0 Å². The van der Waals surface area contributed by atoms with Gasteiger partial charge >= 0.3 is 0 Å². The van der Waals surface area contributed by atoms with E-state index >= 15 is 0 Å². The lowest BCUT2D eigenvalue weighted by atomic mass is 9.71. The topological polar surface area (TPSA) is 127 Å². The Bertz CT molecular complexity index is 1250. The van der Waals surface area contributed by atoms with Crippen LogP contribution in [0.3, 0.4) is 0 Å². The Morgan fingerprint density at radius 1 is 0.478 bits per heavy atom. The van der Waals surface area contributed by atoms with Crippen molar-refractivity contribution in [3.8, 4) is 11.5 Å². The number of hydrogen-bond donors (Lipinski definition) is 4. The zero-order valence-electron chi connectivity index (χ0n) is 31.4. The van der Waals surface area contributed by atoms with Crippen LogP contribution in [-0.2, 0) is 42.1 Å². The van der Waals surface area contributed by atoms with Crippen molar-refractivity contribution in [2.45, 2.75) is 168 Å². The first-order valence-corrected chi connectivity index (χ1v) is 16.9. The van der Waals surface area contributed by atoms with Crippen molar-refractivity contribution in [2.75, 3.05) is 0 Å². The van der Waals surface area contributed by atoms with Gasteiger partial charge in [-0.2, -0.15) is 0 Å². The first-order valence-electron chi connectivity index (χ1n) is 16.9. The third-order valence-corrected chi connectivity index (χ3v) is 9.92. The Morgan fingerprint density at radius 3 is 0.870 bits per heavy atom. The van der Waals surface area contributed by atoms with E-state index in [-0.39, 0.29) is 45.0 Å². The van der Waals surface area contributed by atoms with Gasteiger partial charge in [-0.05, 0) is 81.7 Å². The summed E-state index contributed by atoms with van der Waals surface area (Å²) in [5.41, 5.74) is 14.0. The molecule has 0 saturated carbocycles. The predicted octanol–water partition coefficient (Wildman–Crippen LogP) is 8.81. The molecule has 2 rings (SSSR count). The van der Waals surface area contributed by atoms with E-state index in [1.807, 2.05) is 38.1 Å². The third kappa shape index (κ3) is 8.46. The summed E-state index contributed by atoms with van der Waals surface area (Å²) in [6.07, 6.45) is 4.45. The molecule has 2 unspecified atom stereocenters. The molecule has 6 N–H and O–H groups in total. The number of benzene rings is 2. The maximum absolute atomic E-state index is 13.0. The van der Waals surface area contributed by atoms with Crippen LogP contribution in [0.4, 0.5) is 0 Å². The summed E-state index contributed by atoms with van der Waals surface area (Å²) in [6, 6.07) is 7.85. The highest BCUT2D eigenvalue weighted by Crippen LogP contribution is 2.45. The lowest BCUT2D eigenvalue weighted by molar-refractivity contribution is -0.124. The van der Waals surface area contributed by atoms with Crippen molar-refractivity contribution >= 4 is 11.8 Å². The van der Waals surface area contributed by atoms with Gasteiger partial charge in [-0.1, -0.05) is 133 Å². The average molecular weight is 637 g/mol. The van der Waals surface area contributed by atoms with E-state index in [9.17, 15) is 19.8 Å². The minimum absolute atomic E-state index is 0.283. The Kier molecular flexibility index (Phi) is 11.3. The molecule has 6 nitrogen and oxygen atoms in total. The standard InChI is InChI=1S/C40H64N2O4/c1-35(2,3)27-21-25(22-28(31(27)43)36(4,5)6)39(13,33(41)45)19-17-15-16-18-20-40(14,34(42)46)26-23-29(37(7,8)9)32(44)30(24-26)38(10,11)12/h21-24,43-44H,15-20H2,1-14H3,(H2,41,45)(H2,42,46). The van der Waals surface area contributed by atoms with Crippen molar-refractivity contribution in [3.63, 3.8) is 0 Å². The van der Waals surface area contributed by atoms with E-state index < -0.39 is 10.8 Å². The number of hydrogen-bond acceptors (Lipinski definition) is 4. The monoisotopic (exact) mass is 636 g/mol. The number of phenols is 2. The van der Waals surface area contributed by atoms with Gasteiger partial charge in [0.25, 0.3) is 0 Å². The van der Waals surface area contributed by atoms with Crippen molar-refractivity contribution in [3.05, 3.63) is 57.6 Å². The Morgan fingerprint density at radius 2 is 0.696 bits per heavy atom. The summed E-state index contributed by atoms with van der Waals surface area (Å²) in [4.78, 5) is 26.0. The van der Waals surface area contributed by atoms with Crippen LogP contribution in [0.5, 0.6) is 11.5 Å². The van der Waals surface area contributed by atoms with Crippen LogP contribution in [0, 0.1) is 0 Å². The Balaban J connectivity index is 2.31. The molecule has 0 aromatic heterocycles. The molecule has 0 aliphatic heterocycles. The van der Waals surface area contributed by atoms with Gasteiger partial charge in [0.15, 0.2) is 0 Å². The van der Waals surface area contributed by atoms with E-state index in [4.69, 9.17) is 11.5 Å². The number of unbranched alkanes of at least 4 members (excludes halogenated alkanes) is 3. The van der Waals surface area contributed by atoms with Crippen molar-refractivity contribution in [1.82, 2.24) is 0 Å². The van der Waals surface area contributed by atoms with E-state index in [1.54, 1.807) is 0 Å². The van der Waals surface area contributed by atoms with E-state index in [2.05, 4.69) is 83.1 Å². The number of primary amides is 2.